The Balaban J connectivity index is 1.92. The molecule has 0 saturated heterocycles. The van der Waals surface area contributed by atoms with E-state index in [2.05, 4.69) is 27.6 Å². The Morgan fingerprint density at radius 3 is 3.00 bits per heavy atom. The van der Waals surface area contributed by atoms with Crippen LogP contribution in [0.25, 0.3) is 5.65 Å². The molecule has 0 spiro atoms. The molecule has 4 N–H and O–H groups in total. The van der Waals surface area contributed by atoms with Gasteiger partial charge >= 0.3 is 0 Å². The summed E-state index contributed by atoms with van der Waals surface area (Å²) in [6.45, 7) is 2.30. The number of hydrazine groups is 1. The number of anilines is 2. The van der Waals surface area contributed by atoms with E-state index in [1.54, 1.807) is 6.20 Å². The number of aromatic nitrogens is 3. The fraction of sp³-hybridized carbons (Fsp3) is 0.538. The van der Waals surface area contributed by atoms with Crippen molar-refractivity contribution < 1.29 is 0 Å². The number of nitrogens with zero attached hydrogens (tertiary/aromatic N) is 3. The third-order valence-electron chi connectivity index (χ3n) is 3.96. The highest BCUT2D eigenvalue weighted by atomic mass is 15.3. The minimum atomic E-state index is 0.467. The summed E-state index contributed by atoms with van der Waals surface area (Å²) >= 11 is 0. The molecule has 2 aromatic heterocycles. The fourth-order valence-corrected chi connectivity index (χ4v) is 2.80. The van der Waals surface area contributed by atoms with Crippen molar-refractivity contribution in [1.29, 1.82) is 0 Å². The van der Waals surface area contributed by atoms with Gasteiger partial charge in [0.15, 0.2) is 17.3 Å². The van der Waals surface area contributed by atoms with Crippen LogP contribution in [0.3, 0.4) is 0 Å². The van der Waals surface area contributed by atoms with Crippen molar-refractivity contribution in [2.24, 2.45) is 11.8 Å². The Morgan fingerprint density at radius 1 is 1.37 bits per heavy atom. The number of hydrogen-bond acceptors (Lipinski definition) is 5. The SMILES string of the molecule is CC1CCCCC1Nc1nc(NN)cn2ccnc12. The van der Waals surface area contributed by atoms with Crippen LogP contribution in [0, 0.1) is 5.92 Å². The molecule has 1 saturated carbocycles. The Morgan fingerprint density at radius 2 is 2.21 bits per heavy atom. The largest absolute Gasteiger partial charge is 0.364 e. The van der Waals surface area contributed by atoms with Crippen LogP contribution in [0.15, 0.2) is 18.6 Å². The minimum absolute atomic E-state index is 0.467. The summed E-state index contributed by atoms with van der Waals surface area (Å²) in [5.74, 6) is 7.57. The van der Waals surface area contributed by atoms with E-state index in [0.29, 0.717) is 17.8 Å². The van der Waals surface area contributed by atoms with Crippen molar-refractivity contribution in [1.82, 2.24) is 14.4 Å². The van der Waals surface area contributed by atoms with E-state index in [0.717, 1.165) is 11.5 Å². The van der Waals surface area contributed by atoms with Gasteiger partial charge in [-0.2, -0.15) is 0 Å². The van der Waals surface area contributed by atoms with Crippen LogP contribution >= 0.6 is 0 Å². The van der Waals surface area contributed by atoms with Gasteiger partial charge in [0.05, 0.1) is 6.20 Å². The topological polar surface area (TPSA) is 80.3 Å². The van der Waals surface area contributed by atoms with Gasteiger partial charge in [0, 0.05) is 18.4 Å². The number of nitrogen functional groups attached to an aromatic ring is 1. The minimum Gasteiger partial charge on any atom is -0.364 e. The van der Waals surface area contributed by atoms with Gasteiger partial charge in [0.2, 0.25) is 0 Å². The molecule has 3 rings (SSSR count). The second-order valence-corrected chi connectivity index (χ2v) is 5.29. The molecule has 6 nitrogen and oxygen atoms in total. The highest BCUT2D eigenvalue weighted by Crippen LogP contribution is 2.27. The molecule has 19 heavy (non-hydrogen) atoms. The van der Waals surface area contributed by atoms with Gasteiger partial charge in [-0.25, -0.2) is 15.8 Å². The lowest BCUT2D eigenvalue weighted by molar-refractivity contribution is 0.349. The number of imidazole rings is 1. The van der Waals surface area contributed by atoms with Gasteiger partial charge in [-0.3, -0.25) is 0 Å². The average Bonchev–Trinajstić information content (AvgIpc) is 2.89. The van der Waals surface area contributed by atoms with E-state index in [1.807, 2.05) is 16.8 Å². The Labute approximate surface area is 112 Å². The van der Waals surface area contributed by atoms with Crippen molar-refractivity contribution in [3.05, 3.63) is 18.6 Å². The van der Waals surface area contributed by atoms with E-state index in [-0.39, 0.29) is 0 Å². The molecular formula is C13H20N6. The number of fused-ring (bicyclic) bond motifs is 1. The van der Waals surface area contributed by atoms with Gasteiger partial charge < -0.3 is 15.1 Å². The van der Waals surface area contributed by atoms with E-state index < -0.39 is 0 Å². The maximum Gasteiger partial charge on any atom is 0.180 e. The molecule has 6 heteroatoms. The summed E-state index contributed by atoms with van der Waals surface area (Å²) in [5, 5.41) is 3.54. The Kier molecular flexibility index (Phi) is 3.25. The first-order chi connectivity index (χ1) is 9.28. The normalized spacial score (nSPS) is 23.5. The number of nitrogens with two attached hydrogens (primary N) is 1. The third-order valence-corrected chi connectivity index (χ3v) is 3.96. The second-order valence-electron chi connectivity index (χ2n) is 5.29. The first-order valence-corrected chi connectivity index (χ1v) is 6.85. The quantitative estimate of drug-likeness (QED) is 0.581. The van der Waals surface area contributed by atoms with Crippen molar-refractivity contribution in [2.75, 3.05) is 10.7 Å². The standard InChI is InChI=1S/C13H20N6/c1-9-4-2-3-5-10(9)16-12-13-15-6-7-19(13)8-11(17-12)18-14/h6-10,18H,2-5,14H2,1H3,(H,16,17). The molecule has 2 heterocycles. The molecule has 0 bridgehead atoms. The summed E-state index contributed by atoms with van der Waals surface area (Å²) < 4.78 is 1.93. The van der Waals surface area contributed by atoms with E-state index in [4.69, 9.17) is 5.84 Å². The zero-order chi connectivity index (χ0) is 13.2. The van der Waals surface area contributed by atoms with Crippen LogP contribution < -0.4 is 16.6 Å². The summed E-state index contributed by atoms with van der Waals surface area (Å²) in [4.78, 5) is 8.84. The lowest BCUT2D eigenvalue weighted by Gasteiger charge is -2.30. The van der Waals surface area contributed by atoms with Gasteiger partial charge in [-0.15, -0.1) is 0 Å². The third kappa shape index (κ3) is 2.35. The number of hydrogen-bond donors (Lipinski definition) is 3. The zero-order valence-electron chi connectivity index (χ0n) is 11.1. The van der Waals surface area contributed by atoms with Crippen molar-refractivity contribution in [3.8, 4) is 0 Å². The number of rotatable bonds is 3. The highest BCUT2D eigenvalue weighted by molar-refractivity contribution is 5.65. The van der Waals surface area contributed by atoms with Crippen LogP contribution in [-0.4, -0.2) is 20.4 Å². The van der Waals surface area contributed by atoms with E-state index >= 15 is 0 Å². The summed E-state index contributed by atoms with van der Waals surface area (Å²) in [6, 6.07) is 0.467. The van der Waals surface area contributed by atoms with Crippen LogP contribution in [-0.2, 0) is 0 Å². The van der Waals surface area contributed by atoms with Gasteiger partial charge in [-0.05, 0) is 18.8 Å². The van der Waals surface area contributed by atoms with Crippen LogP contribution in [0.2, 0.25) is 0 Å². The molecule has 102 valence electrons. The molecule has 0 aromatic carbocycles. The van der Waals surface area contributed by atoms with Gasteiger partial charge in [-0.1, -0.05) is 19.8 Å². The second kappa shape index (κ2) is 5.05. The maximum atomic E-state index is 5.46. The molecule has 2 unspecified atom stereocenters. The first kappa shape index (κ1) is 12.2. The predicted molar refractivity (Wildman–Crippen MR) is 75.8 cm³/mol. The summed E-state index contributed by atoms with van der Waals surface area (Å²) in [6.07, 6.45) is 10.6. The van der Waals surface area contributed by atoms with Crippen LogP contribution in [0.4, 0.5) is 11.6 Å². The number of nitrogens with one attached hydrogen (secondary N) is 2. The zero-order valence-corrected chi connectivity index (χ0v) is 11.1. The summed E-state index contributed by atoms with van der Waals surface area (Å²) in [7, 11) is 0. The monoisotopic (exact) mass is 260 g/mol. The molecule has 0 amide bonds. The van der Waals surface area contributed by atoms with Crippen LogP contribution in [0.5, 0.6) is 0 Å². The Hall–Kier alpha value is -1.82. The lowest BCUT2D eigenvalue weighted by atomic mass is 9.86. The first-order valence-electron chi connectivity index (χ1n) is 6.85. The fourth-order valence-electron chi connectivity index (χ4n) is 2.80. The van der Waals surface area contributed by atoms with E-state index in [1.165, 1.54) is 25.7 Å². The predicted octanol–water partition coefficient (Wildman–Crippen LogP) is 2.01. The molecule has 0 radical (unpaired) electrons. The molecule has 1 aliphatic rings. The summed E-state index contributed by atoms with van der Waals surface area (Å²) in [5.41, 5.74) is 3.44. The van der Waals surface area contributed by atoms with Crippen LogP contribution in [0.1, 0.15) is 32.6 Å². The van der Waals surface area contributed by atoms with Crippen molar-refractivity contribution in [2.45, 2.75) is 38.6 Å². The molecular weight excluding hydrogens is 240 g/mol. The smallest absolute Gasteiger partial charge is 0.180 e. The average molecular weight is 260 g/mol. The van der Waals surface area contributed by atoms with E-state index in [9.17, 15) is 0 Å². The van der Waals surface area contributed by atoms with Gasteiger partial charge in [0.25, 0.3) is 0 Å². The highest BCUT2D eigenvalue weighted by Gasteiger charge is 2.22. The maximum absolute atomic E-state index is 5.46. The Bertz CT molecular complexity index is 563. The molecule has 1 aliphatic carbocycles. The molecule has 2 aromatic rings. The lowest BCUT2D eigenvalue weighted by Crippen LogP contribution is -2.31. The molecule has 2 atom stereocenters. The van der Waals surface area contributed by atoms with Crippen molar-refractivity contribution in [3.63, 3.8) is 0 Å². The molecule has 0 aliphatic heterocycles. The van der Waals surface area contributed by atoms with Crippen molar-refractivity contribution >= 4 is 17.3 Å². The molecule has 1 fully saturated rings. The van der Waals surface area contributed by atoms with Gasteiger partial charge in [0.1, 0.15) is 0 Å².